The summed E-state index contributed by atoms with van der Waals surface area (Å²) in [4.78, 5) is 38.2. The van der Waals surface area contributed by atoms with Gasteiger partial charge < -0.3 is 19.5 Å². The fourth-order valence-electron chi connectivity index (χ4n) is 4.02. The van der Waals surface area contributed by atoms with Gasteiger partial charge in [-0.2, -0.15) is 5.10 Å². The third kappa shape index (κ3) is 6.78. The number of rotatable bonds is 9. The van der Waals surface area contributed by atoms with E-state index < -0.39 is 17.8 Å². The van der Waals surface area contributed by atoms with Crippen LogP contribution < -0.4 is 20.2 Å². The molecule has 2 amide bonds. The summed E-state index contributed by atoms with van der Waals surface area (Å²) in [6.45, 7) is 2.48. The Bertz CT molecular complexity index is 1440. The predicted molar refractivity (Wildman–Crippen MR) is 153 cm³/mol. The van der Waals surface area contributed by atoms with Crippen LogP contribution in [0.25, 0.3) is 0 Å². The summed E-state index contributed by atoms with van der Waals surface area (Å²) in [5.74, 6) is -1.53. The number of thiophene rings is 1. The van der Waals surface area contributed by atoms with Crippen molar-refractivity contribution < 1.29 is 28.6 Å². The molecular weight excluding hydrogens is 610 g/mol. The maximum atomic E-state index is 12.5. The number of ether oxygens (including phenoxy) is 3. The van der Waals surface area contributed by atoms with Gasteiger partial charge in [0.25, 0.3) is 0 Å². The zero-order valence-corrected chi connectivity index (χ0v) is 24.3. The highest BCUT2D eigenvalue weighted by Gasteiger charge is 2.29. The molecule has 1 aliphatic rings. The largest absolute Gasteiger partial charge is 0.490 e. The molecule has 1 heterocycles. The number of nitrogens with zero attached hydrogens (tertiary/aromatic N) is 1. The van der Waals surface area contributed by atoms with E-state index in [0.717, 1.165) is 35.3 Å². The van der Waals surface area contributed by atoms with Crippen LogP contribution in [-0.2, 0) is 33.8 Å². The van der Waals surface area contributed by atoms with Crippen molar-refractivity contribution >= 4 is 67.9 Å². The second-order valence-electron chi connectivity index (χ2n) is 8.35. The van der Waals surface area contributed by atoms with Gasteiger partial charge in [0.1, 0.15) is 11.6 Å². The molecule has 4 rings (SSSR count). The number of esters is 1. The summed E-state index contributed by atoms with van der Waals surface area (Å²) in [6, 6.07) is 10.8. The van der Waals surface area contributed by atoms with Gasteiger partial charge in [0.15, 0.2) is 11.5 Å². The lowest BCUT2D eigenvalue weighted by atomic mass is 10.1. The van der Waals surface area contributed by atoms with E-state index in [1.807, 2.05) is 25.1 Å². The predicted octanol–water partition coefficient (Wildman–Crippen LogP) is 5.51. The summed E-state index contributed by atoms with van der Waals surface area (Å²) in [7, 11) is 1.28. The summed E-state index contributed by atoms with van der Waals surface area (Å²) < 4.78 is 17.2. The molecule has 0 atom stereocenters. The first-order valence-corrected chi connectivity index (χ1v) is 14.0. The van der Waals surface area contributed by atoms with Gasteiger partial charge in [0.05, 0.1) is 30.0 Å². The quantitative estimate of drug-likeness (QED) is 0.139. The highest BCUT2D eigenvalue weighted by Crippen LogP contribution is 2.40. The number of hydrogen-bond donors (Lipinski definition) is 2. The first-order valence-electron chi connectivity index (χ1n) is 12.0. The molecule has 39 heavy (non-hydrogen) atoms. The van der Waals surface area contributed by atoms with E-state index in [1.165, 1.54) is 24.7 Å². The average Bonchev–Trinajstić information content (AvgIpc) is 3.50. The molecule has 0 spiro atoms. The minimum Gasteiger partial charge on any atom is -0.490 e. The molecule has 12 heteroatoms. The van der Waals surface area contributed by atoms with Gasteiger partial charge in [-0.1, -0.05) is 29.8 Å². The van der Waals surface area contributed by atoms with E-state index >= 15 is 0 Å². The van der Waals surface area contributed by atoms with Crippen LogP contribution in [0, 0.1) is 0 Å². The minimum absolute atomic E-state index is 0.238. The van der Waals surface area contributed by atoms with Crippen LogP contribution in [0.15, 0.2) is 46.0 Å². The van der Waals surface area contributed by atoms with Gasteiger partial charge in [0.2, 0.25) is 0 Å². The highest BCUT2D eigenvalue weighted by atomic mass is 79.9. The number of anilines is 1. The van der Waals surface area contributed by atoms with E-state index in [0.29, 0.717) is 43.7 Å². The number of halogens is 2. The van der Waals surface area contributed by atoms with Crippen molar-refractivity contribution in [3.8, 4) is 11.5 Å². The molecule has 0 radical (unpaired) electrons. The van der Waals surface area contributed by atoms with Crippen LogP contribution in [0.5, 0.6) is 11.5 Å². The number of aryl methyl sites for hydroxylation is 1. The van der Waals surface area contributed by atoms with Gasteiger partial charge in [0, 0.05) is 15.5 Å². The van der Waals surface area contributed by atoms with Gasteiger partial charge in [-0.3, -0.25) is 9.59 Å². The summed E-state index contributed by atoms with van der Waals surface area (Å²) in [5.41, 5.74) is 4.79. The lowest BCUT2D eigenvalue weighted by Crippen LogP contribution is -2.32. The van der Waals surface area contributed by atoms with Gasteiger partial charge in [-0.15, -0.1) is 11.3 Å². The number of benzene rings is 2. The number of hydrazone groups is 1. The van der Waals surface area contributed by atoms with Crippen molar-refractivity contribution in [2.45, 2.75) is 32.8 Å². The smallest absolute Gasteiger partial charge is 0.341 e. The second kappa shape index (κ2) is 13.1. The van der Waals surface area contributed by atoms with E-state index in [4.69, 9.17) is 25.8 Å². The second-order valence-corrected chi connectivity index (χ2v) is 10.7. The van der Waals surface area contributed by atoms with E-state index in [1.54, 1.807) is 18.2 Å². The third-order valence-corrected chi connectivity index (χ3v) is 7.95. The lowest BCUT2D eigenvalue weighted by Gasteiger charge is -2.15. The van der Waals surface area contributed by atoms with Crippen molar-refractivity contribution in [2.24, 2.45) is 5.10 Å². The number of fused-ring (bicyclic) bond motifs is 1. The number of amides is 2. The molecule has 0 bridgehead atoms. The van der Waals surface area contributed by atoms with Crippen LogP contribution >= 0.6 is 38.9 Å². The summed E-state index contributed by atoms with van der Waals surface area (Å²) >= 11 is 11.0. The Morgan fingerprint density at radius 2 is 1.95 bits per heavy atom. The van der Waals surface area contributed by atoms with Crippen LogP contribution in [-0.4, -0.2) is 37.7 Å². The molecule has 0 fully saturated rings. The van der Waals surface area contributed by atoms with Crippen molar-refractivity contribution in [2.75, 3.05) is 19.0 Å². The normalized spacial score (nSPS) is 12.2. The van der Waals surface area contributed by atoms with E-state index in [-0.39, 0.29) is 6.61 Å². The number of carbonyl (C=O) groups excluding carboxylic acids is 3. The molecule has 0 unspecified atom stereocenters. The molecule has 3 aromatic rings. The molecule has 0 saturated heterocycles. The molecule has 1 aromatic heterocycles. The molecule has 2 N–H and O–H groups in total. The molecule has 0 saturated carbocycles. The Kier molecular flexibility index (Phi) is 9.60. The van der Waals surface area contributed by atoms with Crippen LogP contribution in [0.3, 0.4) is 0 Å². The van der Waals surface area contributed by atoms with E-state index in [9.17, 15) is 14.4 Å². The highest BCUT2D eigenvalue weighted by molar-refractivity contribution is 9.10. The molecular formula is C27H25BrClN3O6S. The SMILES string of the molecule is CCOc1cc(C=NNC(=O)C(=O)Nc2sc3c(c2C(=O)OC)CCC3)cc(Br)c1OCc1ccccc1Cl. The topological polar surface area (TPSA) is 115 Å². The third-order valence-electron chi connectivity index (χ3n) is 5.79. The van der Waals surface area contributed by atoms with Crippen molar-refractivity contribution in [1.29, 1.82) is 0 Å². The van der Waals surface area contributed by atoms with Gasteiger partial charge in [-0.05, 0) is 71.4 Å². The Morgan fingerprint density at radius 3 is 2.69 bits per heavy atom. The minimum atomic E-state index is -0.987. The van der Waals surface area contributed by atoms with Crippen molar-refractivity contribution in [1.82, 2.24) is 5.43 Å². The number of nitrogens with one attached hydrogen (secondary N) is 2. The van der Waals surface area contributed by atoms with Gasteiger partial charge in [-0.25, -0.2) is 10.2 Å². The maximum absolute atomic E-state index is 12.5. The van der Waals surface area contributed by atoms with Gasteiger partial charge >= 0.3 is 17.8 Å². The van der Waals surface area contributed by atoms with E-state index in [2.05, 4.69) is 31.8 Å². The first-order chi connectivity index (χ1) is 18.8. The first kappa shape index (κ1) is 28.6. The standard InChI is InChI=1S/C27H25BrClN3O6S/c1-3-37-20-12-15(11-18(28)23(20)38-14-16-7-4-5-9-19(16)29)13-30-32-25(34)24(33)31-26-22(27(35)36-2)17-8-6-10-21(17)39-26/h4-5,7,9,11-13H,3,6,8,10,14H2,1-2H3,(H,31,33)(H,32,34). The van der Waals surface area contributed by atoms with Crippen LogP contribution in [0.1, 0.15) is 45.3 Å². The Hall–Kier alpha value is -3.41. The lowest BCUT2D eigenvalue weighted by molar-refractivity contribution is -0.136. The Balaban J connectivity index is 1.42. The molecule has 204 valence electrons. The maximum Gasteiger partial charge on any atom is 0.341 e. The number of hydrogen-bond acceptors (Lipinski definition) is 8. The van der Waals surface area contributed by atoms with Crippen molar-refractivity contribution in [3.05, 3.63) is 73.0 Å². The zero-order valence-electron chi connectivity index (χ0n) is 21.1. The molecule has 9 nitrogen and oxygen atoms in total. The monoisotopic (exact) mass is 633 g/mol. The summed E-state index contributed by atoms with van der Waals surface area (Å²) in [6.07, 6.45) is 3.85. The van der Waals surface area contributed by atoms with Crippen LogP contribution in [0.4, 0.5) is 5.00 Å². The molecule has 1 aliphatic carbocycles. The Labute approximate surface area is 242 Å². The van der Waals surface area contributed by atoms with Crippen LogP contribution in [0.2, 0.25) is 5.02 Å². The number of carbonyl (C=O) groups is 3. The fraction of sp³-hybridized carbons (Fsp3) is 0.259. The fourth-order valence-corrected chi connectivity index (χ4v) is 6.05. The molecule has 0 aliphatic heterocycles. The molecule has 2 aromatic carbocycles. The zero-order chi connectivity index (χ0) is 27.9. The summed E-state index contributed by atoms with van der Waals surface area (Å²) in [5, 5.41) is 7.31. The average molecular weight is 635 g/mol. The Morgan fingerprint density at radius 1 is 1.15 bits per heavy atom. The number of methoxy groups -OCH3 is 1. The van der Waals surface area contributed by atoms with Crippen molar-refractivity contribution in [3.63, 3.8) is 0 Å².